The van der Waals surface area contributed by atoms with Gasteiger partial charge in [0.05, 0.1) is 0 Å². The van der Waals surface area contributed by atoms with Crippen molar-refractivity contribution in [1.82, 2.24) is 5.32 Å². The zero-order valence-corrected chi connectivity index (χ0v) is 12.4. The summed E-state index contributed by atoms with van der Waals surface area (Å²) in [6.07, 6.45) is 3.60. The summed E-state index contributed by atoms with van der Waals surface area (Å²) >= 11 is 0. The van der Waals surface area contributed by atoms with Crippen LogP contribution in [0.25, 0.3) is 11.0 Å². The van der Waals surface area contributed by atoms with Gasteiger partial charge in [-0.3, -0.25) is 4.21 Å². The molecule has 1 unspecified atom stereocenters. The molecule has 0 saturated heterocycles. The van der Waals surface area contributed by atoms with Crippen molar-refractivity contribution in [2.24, 2.45) is 0 Å². The first kappa shape index (κ1) is 14.3. The van der Waals surface area contributed by atoms with Gasteiger partial charge in [-0.1, -0.05) is 25.1 Å². The molecule has 0 aliphatic heterocycles. The van der Waals surface area contributed by atoms with Gasteiger partial charge in [-0.25, -0.2) is 0 Å². The molecule has 0 bridgehead atoms. The van der Waals surface area contributed by atoms with Gasteiger partial charge in [-0.2, -0.15) is 0 Å². The Morgan fingerprint density at radius 1 is 1.32 bits per heavy atom. The number of para-hydroxylation sites is 1. The molecule has 104 valence electrons. The summed E-state index contributed by atoms with van der Waals surface area (Å²) in [5, 5.41) is 4.62. The van der Waals surface area contributed by atoms with E-state index in [1.165, 1.54) is 10.9 Å². The average molecular weight is 279 g/mol. The topological polar surface area (TPSA) is 42.2 Å². The molecule has 0 spiro atoms. The molecule has 1 N–H and O–H groups in total. The lowest BCUT2D eigenvalue weighted by molar-refractivity contribution is 0.544. The maximum absolute atomic E-state index is 11.0. The molecule has 0 fully saturated rings. The molecule has 0 aliphatic rings. The molecular weight excluding hydrogens is 258 g/mol. The summed E-state index contributed by atoms with van der Waals surface area (Å²) in [6.45, 7) is 3.82. The van der Waals surface area contributed by atoms with E-state index in [4.69, 9.17) is 4.42 Å². The minimum absolute atomic E-state index is 0.693. The van der Waals surface area contributed by atoms with Crippen LogP contribution in [0.3, 0.4) is 0 Å². The third kappa shape index (κ3) is 3.67. The normalized spacial score (nSPS) is 12.9. The number of benzene rings is 1. The fraction of sp³-hybridized carbons (Fsp3) is 0.467. The monoisotopic (exact) mass is 279 g/mol. The Morgan fingerprint density at radius 2 is 2.11 bits per heavy atom. The molecule has 0 radical (unpaired) electrons. The smallest absolute Gasteiger partial charge is 0.134 e. The SMILES string of the molecule is CCc1oc2ccccc2c1CNCCCS(C)=O. The second kappa shape index (κ2) is 6.87. The highest BCUT2D eigenvalue weighted by Crippen LogP contribution is 2.26. The van der Waals surface area contributed by atoms with Gasteiger partial charge in [-0.05, 0) is 19.0 Å². The van der Waals surface area contributed by atoms with Crippen LogP contribution in [0.15, 0.2) is 28.7 Å². The first-order valence-corrected chi connectivity index (χ1v) is 8.45. The van der Waals surface area contributed by atoms with Gasteiger partial charge >= 0.3 is 0 Å². The zero-order valence-electron chi connectivity index (χ0n) is 11.6. The highest BCUT2D eigenvalue weighted by Gasteiger charge is 2.11. The van der Waals surface area contributed by atoms with Gasteiger partial charge in [-0.15, -0.1) is 0 Å². The predicted octanol–water partition coefficient (Wildman–Crippen LogP) is 2.85. The van der Waals surface area contributed by atoms with E-state index in [2.05, 4.69) is 18.3 Å². The maximum Gasteiger partial charge on any atom is 0.134 e. The predicted molar refractivity (Wildman–Crippen MR) is 80.8 cm³/mol. The molecule has 2 rings (SSSR count). The van der Waals surface area contributed by atoms with E-state index in [1.807, 2.05) is 18.2 Å². The van der Waals surface area contributed by atoms with Crippen molar-refractivity contribution in [1.29, 1.82) is 0 Å². The van der Waals surface area contributed by atoms with Gasteiger partial charge in [0.15, 0.2) is 0 Å². The van der Waals surface area contributed by atoms with Gasteiger partial charge < -0.3 is 9.73 Å². The molecule has 19 heavy (non-hydrogen) atoms. The fourth-order valence-electron chi connectivity index (χ4n) is 2.24. The molecule has 0 saturated carbocycles. The maximum atomic E-state index is 11.0. The van der Waals surface area contributed by atoms with Crippen LogP contribution in [0.4, 0.5) is 0 Å². The van der Waals surface area contributed by atoms with E-state index in [-0.39, 0.29) is 0 Å². The number of rotatable bonds is 7. The molecule has 3 nitrogen and oxygen atoms in total. The van der Waals surface area contributed by atoms with Crippen molar-refractivity contribution in [3.63, 3.8) is 0 Å². The summed E-state index contributed by atoms with van der Waals surface area (Å²) in [6, 6.07) is 8.16. The molecule has 2 aromatic rings. The van der Waals surface area contributed by atoms with Crippen LogP contribution in [-0.2, 0) is 23.8 Å². The van der Waals surface area contributed by atoms with Crippen molar-refractivity contribution in [3.8, 4) is 0 Å². The van der Waals surface area contributed by atoms with E-state index in [9.17, 15) is 4.21 Å². The first-order valence-electron chi connectivity index (χ1n) is 6.72. The Morgan fingerprint density at radius 3 is 2.84 bits per heavy atom. The van der Waals surface area contributed by atoms with Crippen molar-refractivity contribution < 1.29 is 8.63 Å². The number of nitrogens with one attached hydrogen (secondary N) is 1. The quantitative estimate of drug-likeness (QED) is 0.792. The highest BCUT2D eigenvalue weighted by molar-refractivity contribution is 7.84. The van der Waals surface area contributed by atoms with Crippen LogP contribution in [0.1, 0.15) is 24.7 Å². The lowest BCUT2D eigenvalue weighted by Crippen LogP contribution is -2.17. The Balaban J connectivity index is 2.01. The van der Waals surface area contributed by atoms with Crippen LogP contribution in [0.2, 0.25) is 0 Å². The third-order valence-electron chi connectivity index (χ3n) is 3.19. The molecule has 0 aliphatic carbocycles. The van der Waals surface area contributed by atoms with Crippen molar-refractivity contribution in [2.75, 3.05) is 18.6 Å². The summed E-state index contributed by atoms with van der Waals surface area (Å²) in [5.41, 5.74) is 2.22. The van der Waals surface area contributed by atoms with Crippen LogP contribution in [0.5, 0.6) is 0 Å². The van der Waals surface area contributed by atoms with Crippen molar-refractivity contribution in [3.05, 3.63) is 35.6 Å². The number of aryl methyl sites for hydroxylation is 1. The van der Waals surface area contributed by atoms with Crippen LogP contribution in [-0.4, -0.2) is 22.8 Å². The Labute approximate surface area is 116 Å². The summed E-state index contributed by atoms with van der Waals surface area (Å²) < 4.78 is 16.8. The van der Waals surface area contributed by atoms with Gasteiger partial charge in [0.1, 0.15) is 11.3 Å². The van der Waals surface area contributed by atoms with E-state index in [0.717, 1.165) is 43.0 Å². The molecule has 0 amide bonds. The lowest BCUT2D eigenvalue weighted by atomic mass is 10.1. The minimum atomic E-state index is -0.693. The van der Waals surface area contributed by atoms with E-state index < -0.39 is 10.8 Å². The first-order chi connectivity index (χ1) is 9.22. The summed E-state index contributed by atoms with van der Waals surface area (Å²) in [7, 11) is -0.693. The number of hydrogen-bond donors (Lipinski definition) is 1. The van der Waals surface area contributed by atoms with Gasteiger partial charge in [0.2, 0.25) is 0 Å². The van der Waals surface area contributed by atoms with E-state index in [0.29, 0.717) is 0 Å². The molecule has 1 aromatic carbocycles. The summed E-state index contributed by atoms with van der Waals surface area (Å²) in [5.74, 6) is 1.83. The fourth-order valence-corrected chi connectivity index (χ4v) is 2.79. The zero-order chi connectivity index (χ0) is 13.7. The number of fused-ring (bicyclic) bond motifs is 1. The van der Waals surface area contributed by atoms with Crippen LogP contribution >= 0.6 is 0 Å². The molecule has 4 heteroatoms. The minimum Gasteiger partial charge on any atom is -0.461 e. The molecule has 1 atom stereocenters. The largest absolute Gasteiger partial charge is 0.461 e. The van der Waals surface area contributed by atoms with Crippen LogP contribution in [0, 0.1) is 0 Å². The molecule has 1 heterocycles. The van der Waals surface area contributed by atoms with Gasteiger partial charge in [0, 0.05) is 46.7 Å². The van der Waals surface area contributed by atoms with E-state index in [1.54, 1.807) is 6.26 Å². The Kier molecular flexibility index (Phi) is 5.16. The number of furan rings is 1. The standard InChI is InChI=1S/C15H21NO2S/c1-3-14-13(11-16-9-6-10-19(2)17)12-7-4-5-8-15(12)18-14/h4-5,7-8,16H,3,6,9-11H2,1-2H3. The Hall–Kier alpha value is -1.13. The van der Waals surface area contributed by atoms with Crippen LogP contribution < -0.4 is 5.32 Å². The van der Waals surface area contributed by atoms with Gasteiger partial charge in [0.25, 0.3) is 0 Å². The molecular formula is C15H21NO2S. The summed E-state index contributed by atoms with van der Waals surface area (Å²) in [4.78, 5) is 0. The third-order valence-corrected chi connectivity index (χ3v) is 4.05. The average Bonchev–Trinajstić information content (AvgIpc) is 2.76. The highest BCUT2D eigenvalue weighted by atomic mass is 32.2. The number of hydrogen-bond acceptors (Lipinski definition) is 3. The van der Waals surface area contributed by atoms with Crippen molar-refractivity contribution >= 4 is 21.8 Å². The van der Waals surface area contributed by atoms with E-state index >= 15 is 0 Å². The second-order valence-corrected chi connectivity index (χ2v) is 6.22. The second-order valence-electron chi connectivity index (χ2n) is 4.66. The Bertz CT molecular complexity index is 562. The van der Waals surface area contributed by atoms with Crippen molar-refractivity contribution in [2.45, 2.75) is 26.3 Å². The lowest BCUT2D eigenvalue weighted by Gasteiger charge is -2.04. The molecule has 1 aromatic heterocycles.